The number of nitrogens with zero attached hydrogens (tertiary/aromatic N) is 4. The summed E-state index contributed by atoms with van der Waals surface area (Å²) in [5.74, 6) is 1.64. The highest BCUT2D eigenvalue weighted by atomic mass is 16.5. The second kappa shape index (κ2) is 9.34. The molecule has 1 aromatic carbocycles. The van der Waals surface area contributed by atoms with E-state index in [0.717, 1.165) is 28.8 Å². The number of carbonyl (C=O) groups excluding carboxylic acids is 1. The number of hydrogen-bond acceptors (Lipinski definition) is 7. The van der Waals surface area contributed by atoms with Gasteiger partial charge in [-0.2, -0.15) is 0 Å². The molecule has 9 heteroatoms. The summed E-state index contributed by atoms with van der Waals surface area (Å²) in [7, 11) is 0. The third-order valence-corrected chi connectivity index (χ3v) is 5.93. The molecule has 0 aliphatic carbocycles. The fraction of sp³-hybridized carbons (Fsp3) is 0.308. The molecule has 1 amide bonds. The molecule has 5 aromatic rings. The van der Waals surface area contributed by atoms with Crippen molar-refractivity contribution in [3.8, 4) is 11.3 Å². The first kappa shape index (κ1) is 22.8. The van der Waals surface area contributed by atoms with E-state index < -0.39 is 0 Å². The minimum absolute atomic E-state index is 0.300. The number of aromatic nitrogens is 4. The number of fused-ring (bicyclic) bond motifs is 2. The van der Waals surface area contributed by atoms with Crippen molar-refractivity contribution in [3.05, 3.63) is 59.2 Å². The molecule has 0 aliphatic heterocycles. The topological polar surface area (TPSA) is 108 Å². The summed E-state index contributed by atoms with van der Waals surface area (Å²) in [5, 5.41) is 7.63. The number of furan rings is 1. The standard InChI is InChI=1S/C26H27N5O4/c1-5-33-12-8-11-31-22-10-7-6-9-20(22)28-26(31)29-24(32)19-14-21(18-13-15(2)34-17(18)4)27-25-23(19)16(3)30-35-25/h6-7,9-10,13-14H,5,8,11-12H2,1-4H3,(H,28,29,32). The largest absolute Gasteiger partial charge is 0.466 e. The minimum atomic E-state index is -0.316. The van der Waals surface area contributed by atoms with E-state index >= 15 is 0 Å². The van der Waals surface area contributed by atoms with Crippen LogP contribution in [0.5, 0.6) is 0 Å². The number of para-hydroxylation sites is 2. The van der Waals surface area contributed by atoms with Gasteiger partial charge in [-0.25, -0.2) is 9.97 Å². The van der Waals surface area contributed by atoms with Crippen molar-refractivity contribution in [2.45, 2.75) is 40.7 Å². The Morgan fingerprint density at radius 2 is 1.97 bits per heavy atom. The lowest BCUT2D eigenvalue weighted by Gasteiger charge is -2.11. The number of pyridine rings is 1. The molecule has 0 saturated heterocycles. The van der Waals surface area contributed by atoms with Gasteiger partial charge in [0.1, 0.15) is 11.5 Å². The van der Waals surface area contributed by atoms with E-state index in [1.807, 2.05) is 55.7 Å². The van der Waals surface area contributed by atoms with E-state index in [2.05, 4.69) is 20.4 Å². The van der Waals surface area contributed by atoms with Crippen LogP contribution in [0, 0.1) is 20.8 Å². The van der Waals surface area contributed by atoms with E-state index in [0.29, 0.717) is 59.5 Å². The molecular formula is C26H27N5O4. The van der Waals surface area contributed by atoms with Gasteiger partial charge in [-0.15, -0.1) is 0 Å². The number of rotatable bonds is 8. The van der Waals surface area contributed by atoms with Gasteiger partial charge in [-0.05, 0) is 58.4 Å². The van der Waals surface area contributed by atoms with Gasteiger partial charge in [0.25, 0.3) is 11.6 Å². The molecule has 4 aromatic heterocycles. The molecule has 0 spiro atoms. The number of nitrogens with one attached hydrogen (secondary N) is 1. The van der Waals surface area contributed by atoms with Gasteiger partial charge in [0.2, 0.25) is 5.95 Å². The van der Waals surface area contributed by atoms with Crippen molar-refractivity contribution in [1.29, 1.82) is 0 Å². The van der Waals surface area contributed by atoms with E-state index in [9.17, 15) is 4.79 Å². The lowest BCUT2D eigenvalue weighted by atomic mass is 10.1. The number of ether oxygens (including phenoxy) is 1. The van der Waals surface area contributed by atoms with Crippen LogP contribution in [-0.2, 0) is 11.3 Å². The predicted octanol–water partition coefficient (Wildman–Crippen LogP) is 5.44. The Hall–Kier alpha value is -3.98. The molecule has 0 fully saturated rings. The monoisotopic (exact) mass is 473 g/mol. The first-order chi connectivity index (χ1) is 17.0. The van der Waals surface area contributed by atoms with Gasteiger partial charge in [0.15, 0.2) is 0 Å². The number of amides is 1. The number of hydrogen-bond donors (Lipinski definition) is 1. The number of benzene rings is 1. The van der Waals surface area contributed by atoms with E-state index in [4.69, 9.17) is 13.7 Å². The summed E-state index contributed by atoms with van der Waals surface area (Å²) >= 11 is 0. The highest BCUT2D eigenvalue weighted by molar-refractivity contribution is 6.12. The van der Waals surface area contributed by atoms with Crippen molar-refractivity contribution in [2.24, 2.45) is 0 Å². The fourth-order valence-corrected chi connectivity index (χ4v) is 4.33. The van der Waals surface area contributed by atoms with Crippen LogP contribution in [0.3, 0.4) is 0 Å². The van der Waals surface area contributed by atoms with Crippen molar-refractivity contribution >= 4 is 34.0 Å². The van der Waals surface area contributed by atoms with Gasteiger partial charge in [0.05, 0.1) is 33.4 Å². The van der Waals surface area contributed by atoms with Crippen LogP contribution in [0.4, 0.5) is 5.95 Å². The molecular weight excluding hydrogens is 446 g/mol. The lowest BCUT2D eigenvalue weighted by Crippen LogP contribution is -2.17. The first-order valence-corrected chi connectivity index (χ1v) is 11.6. The molecule has 5 rings (SSSR count). The maximum atomic E-state index is 13.6. The Bertz CT molecular complexity index is 1530. The van der Waals surface area contributed by atoms with Crippen molar-refractivity contribution in [2.75, 3.05) is 18.5 Å². The summed E-state index contributed by atoms with van der Waals surface area (Å²) in [6, 6.07) is 11.5. The van der Waals surface area contributed by atoms with Crippen molar-refractivity contribution in [3.63, 3.8) is 0 Å². The van der Waals surface area contributed by atoms with Gasteiger partial charge in [-0.3, -0.25) is 10.1 Å². The second-order valence-electron chi connectivity index (χ2n) is 8.41. The highest BCUT2D eigenvalue weighted by Crippen LogP contribution is 2.31. The molecule has 9 nitrogen and oxygen atoms in total. The Labute approximate surface area is 202 Å². The first-order valence-electron chi connectivity index (χ1n) is 11.6. The molecule has 35 heavy (non-hydrogen) atoms. The average Bonchev–Trinajstić information content (AvgIpc) is 3.50. The molecule has 0 radical (unpaired) electrons. The van der Waals surface area contributed by atoms with Gasteiger partial charge in [-0.1, -0.05) is 17.3 Å². The van der Waals surface area contributed by atoms with Gasteiger partial charge in [0, 0.05) is 25.3 Å². The van der Waals surface area contributed by atoms with Crippen molar-refractivity contribution in [1.82, 2.24) is 19.7 Å². The van der Waals surface area contributed by atoms with E-state index in [1.165, 1.54) is 0 Å². The van der Waals surface area contributed by atoms with Crippen LogP contribution in [0.1, 0.15) is 40.9 Å². The lowest BCUT2D eigenvalue weighted by molar-refractivity contribution is 0.102. The molecule has 0 bridgehead atoms. The van der Waals surface area contributed by atoms with Crippen LogP contribution >= 0.6 is 0 Å². The Morgan fingerprint density at radius 3 is 2.74 bits per heavy atom. The third-order valence-electron chi connectivity index (χ3n) is 5.93. The molecule has 180 valence electrons. The quantitative estimate of drug-likeness (QED) is 0.299. The maximum Gasteiger partial charge on any atom is 0.259 e. The third kappa shape index (κ3) is 4.30. The number of carbonyl (C=O) groups is 1. The number of aryl methyl sites for hydroxylation is 4. The van der Waals surface area contributed by atoms with Crippen LogP contribution in [0.15, 0.2) is 45.3 Å². The zero-order valence-electron chi connectivity index (χ0n) is 20.2. The molecule has 0 atom stereocenters. The van der Waals surface area contributed by atoms with E-state index in [-0.39, 0.29) is 5.91 Å². The summed E-state index contributed by atoms with van der Waals surface area (Å²) < 4.78 is 18.6. The van der Waals surface area contributed by atoms with Crippen molar-refractivity contribution < 1.29 is 18.5 Å². The SMILES string of the molecule is CCOCCCn1c(NC(=O)c2cc(-c3cc(C)oc3C)nc3onc(C)c23)nc2ccccc21. The van der Waals surface area contributed by atoms with Crippen LogP contribution < -0.4 is 5.32 Å². The average molecular weight is 474 g/mol. The van der Waals surface area contributed by atoms with E-state index in [1.54, 1.807) is 13.0 Å². The molecule has 0 unspecified atom stereocenters. The zero-order valence-corrected chi connectivity index (χ0v) is 20.2. The fourth-order valence-electron chi connectivity index (χ4n) is 4.33. The Morgan fingerprint density at radius 1 is 1.14 bits per heavy atom. The van der Waals surface area contributed by atoms with Gasteiger partial charge >= 0.3 is 0 Å². The van der Waals surface area contributed by atoms with Crippen LogP contribution in [-0.4, -0.2) is 38.8 Å². The Kier molecular flexibility index (Phi) is 6.08. The molecule has 0 aliphatic rings. The summed E-state index contributed by atoms with van der Waals surface area (Å²) in [6.07, 6.45) is 0.796. The summed E-state index contributed by atoms with van der Waals surface area (Å²) in [6.45, 7) is 9.46. The zero-order chi connectivity index (χ0) is 24.5. The van der Waals surface area contributed by atoms with Gasteiger partial charge < -0.3 is 18.2 Å². The minimum Gasteiger partial charge on any atom is -0.466 e. The number of imidazole rings is 1. The predicted molar refractivity (Wildman–Crippen MR) is 133 cm³/mol. The molecule has 0 saturated carbocycles. The summed E-state index contributed by atoms with van der Waals surface area (Å²) in [4.78, 5) is 22.9. The van der Waals surface area contributed by atoms with Crippen LogP contribution in [0.2, 0.25) is 0 Å². The molecule has 1 N–H and O–H groups in total. The molecule has 4 heterocycles. The normalized spacial score (nSPS) is 11.5. The second-order valence-corrected chi connectivity index (χ2v) is 8.41. The maximum absolute atomic E-state index is 13.6. The highest BCUT2D eigenvalue weighted by Gasteiger charge is 2.22. The summed E-state index contributed by atoms with van der Waals surface area (Å²) in [5.41, 5.74) is 4.45. The smallest absolute Gasteiger partial charge is 0.259 e. The Balaban J connectivity index is 1.55. The number of anilines is 1. The van der Waals surface area contributed by atoms with Crippen LogP contribution in [0.25, 0.3) is 33.4 Å².